The Kier molecular flexibility index (Phi) is 11.3. The van der Waals surface area contributed by atoms with E-state index in [0.717, 1.165) is 32.1 Å². The molecular formula is C25H38IN5. The molecule has 0 bridgehead atoms. The summed E-state index contributed by atoms with van der Waals surface area (Å²) in [6.07, 6.45) is 4.07. The van der Waals surface area contributed by atoms with Gasteiger partial charge in [0.2, 0.25) is 0 Å². The van der Waals surface area contributed by atoms with Crippen LogP contribution in [0.15, 0.2) is 53.5 Å². The van der Waals surface area contributed by atoms with E-state index in [9.17, 15) is 0 Å². The predicted octanol–water partition coefficient (Wildman–Crippen LogP) is 4.22. The third-order valence-corrected chi connectivity index (χ3v) is 5.61. The molecule has 1 heterocycles. The van der Waals surface area contributed by atoms with Gasteiger partial charge >= 0.3 is 0 Å². The van der Waals surface area contributed by atoms with Gasteiger partial charge in [-0.05, 0) is 62.3 Å². The second-order valence-electron chi connectivity index (χ2n) is 8.44. The maximum absolute atomic E-state index is 4.38. The van der Waals surface area contributed by atoms with Gasteiger partial charge in [0.05, 0.1) is 0 Å². The summed E-state index contributed by atoms with van der Waals surface area (Å²) in [6, 6.07) is 17.6. The lowest BCUT2D eigenvalue weighted by Crippen LogP contribution is -2.36. The number of nitrogens with one attached hydrogen (secondary N) is 2. The van der Waals surface area contributed by atoms with E-state index >= 15 is 0 Å². The second-order valence-corrected chi connectivity index (χ2v) is 8.44. The van der Waals surface area contributed by atoms with Crippen molar-refractivity contribution in [3.63, 3.8) is 0 Å². The van der Waals surface area contributed by atoms with Gasteiger partial charge in [0, 0.05) is 33.2 Å². The first-order valence-electron chi connectivity index (χ1n) is 11.1. The SMILES string of the molecule is CN=C(NCc1ccc(CN2CCCCC2)cc1)NCc1ccccc1CN(C)C.I. The summed E-state index contributed by atoms with van der Waals surface area (Å²) in [5, 5.41) is 6.88. The van der Waals surface area contributed by atoms with Crippen LogP contribution >= 0.6 is 24.0 Å². The standard InChI is InChI=1S/C25H37N5.HI/c1-26-25(28-18-23-9-5-6-10-24(23)20-29(2)3)27-17-21-11-13-22(14-12-21)19-30-15-7-4-8-16-30;/h5-6,9-14H,4,7-8,15-20H2,1-3H3,(H2,26,27,28);1H. The maximum Gasteiger partial charge on any atom is 0.191 e. The molecule has 2 aromatic rings. The summed E-state index contributed by atoms with van der Waals surface area (Å²) < 4.78 is 0. The van der Waals surface area contributed by atoms with Crippen molar-refractivity contribution in [1.29, 1.82) is 0 Å². The fourth-order valence-corrected chi connectivity index (χ4v) is 3.95. The highest BCUT2D eigenvalue weighted by molar-refractivity contribution is 14.0. The van der Waals surface area contributed by atoms with E-state index in [-0.39, 0.29) is 24.0 Å². The lowest BCUT2D eigenvalue weighted by atomic mass is 10.1. The van der Waals surface area contributed by atoms with E-state index in [4.69, 9.17) is 0 Å². The molecule has 3 rings (SSSR count). The number of piperidine rings is 1. The van der Waals surface area contributed by atoms with Crippen molar-refractivity contribution >= 4 is 29.9 Å². The minimum Gasteiger partial charge on any atom is -0.352 e. The van der Waals surface area contributed by atoms with Crippen molar-refractivity contribution in [1.82, 2.24) is 20.4 Å². The molecule has 5 nitrogen and oxygen atoms in total. The van der Waals surface area contributed by atoms with Gasteiger partial charge < -0.3 is 15.5 Å². The number of guanidine groups is 1. The minimum absolute atomic E-state index is 0. The van der Waals surface area contributed by atoms with Crippen LogP contribution in [0.25, 0.3) is 0 Å². The predicted molar refractivity (Wildman–Crippen MR) is 142 cm³/mol. The van der Waals surface area contributed by atoms with Gasteiger partial charge in [-0.3, -0.25) is 9.89 Å². The number of hydrogen-bond donors (Lipinski definition) is 2. The maximum atomic E-state index is 4.38. The first-order valence-corrected chi connectivity index (χ1v) is 11.1. The summed E-state index contributed by atoms with van der Waals surface area (Å²) in [7, 11) is 6.02. The van der Waals surface area contributed by atoms with Crippen LogP contribution in [0.4, 0.5) is 0 Å². The first-order chi connectivity index (χ1) is 14.6. The number of benzene rings is 2. The normalized spacial score (nSPS) is 14.9. The second kappa shape index (κ2) is 13.7. The Morgan fingerprint density at radius 3 is 2.13 bits per heavy atom. The van der Waals surface area contributed by atoms with Gasteiger partial charge in [-0.2, -0.15) is 0 Å². The highest BCUT2D eigenvalue weighted by atomic mass is 127. The van der Waals surface area contributed by atoms with E-state index in [1.165, 1.54) is 54.6 Å². The summed E-state index contributed by atoms with van der Waals surface area (Å²) >= 11 is 0. The molecule has 1 aliphatic rings. The summed E-state index contributed by atoms with van der Waals surface area (Å²) in [5.41, 5.74) is 5.32. The van der Waals surface area contributed by atoms with Gasteiger partial charge in [0.15, 0.2) is 5.96 Å². The van der Waals surface area contributed by atoms with Gasteiger partial charge in [-0.15, -0.1) is 24.0 Å². The summed E-state index contributed by atoms with van der Waals surface area (Å²) in [5.74, 6) is 0.826. The largest absolute Gasteiger partial charge is 0.352 e. The molecule has 0 atom stereocenters. The van der Waals surface area contributed by atoms with E-state index in [0.29, 0.717) is 0 Å². The quantitative estimate of drug-likeness (QED) is 0.302. The number of rotatable bonds is 8. The number of likely N-dealkylation sites (tertiary alicyclic amines) is 1. The first kappa shape index (κ1) is 25.6. The average molecular weight is 536 g/mol. The van der Waals surface area contributed by atoms with Crippen molar-refractivity contribution in [2.24, 2.45) is 4.99 Å². The van der Waals surface area contributed by atoms with Crippen LogP contribution in [-0.4, -0.2) is 50.0 Å². The Labute approximate surface area is 205 Å². The molecule has 0 saturated carbocycles. The molecule has 2 aromatic carbocycles. The third kappa shape index (κ3) is 8.79. The Balaban J connectivity index is 0.00000341. The minimum atomic E-state index is 0. The Morgan fingerprint density at radius 2 is 1.48 bits per heavy atom. The molecule has 0 radical (unpaired) electrons. The van der Waals surface area contributed by atoms with Crippen molar-refractivity contribution in [3.05, 3.63) is 70.8 Å². The lowest BCUT2D eigenvalue weighted by molar-refractivity contribution is 0.221. The van der Waals surface area contributed by atoms with Crippen molar-refractivity contribution in [3.8, 4) is 0 Å². The highest BCUT2D eigenvalue weighted by Gasteiger charge is 2.10. The van der Waals surface area contributed by atoms with E-state index in [1.54, 1.807) is 0 Å². The Hall–Kier alpha value is -1.64. The van der Waals surface area contributed by atoms with Crippen LogP contribution in [0.5, 0.6) is 0 Å². The van der Waals surface area contributed by atoms with E-state index in [1.807, 2.05) is 7.05 Å². The molecule has 0 aromatic heterocycles. The van der Waals surface area contributed by atoms with Gasteiger partial charge in [-0.25, -0.2) is 0 Å². The van der Waals surface area contributed by atoms with Crippen LogP contribution < -0.4 is 10.6 Å². The lowest BCUT2D eigenvalue weighted by Gasteiger charge is -2.26. The Bertz CT molecular complexity index is 798. The van der Waals surface area contributed by atoms with Crippen LogP contribution in [0, 0.1) is 0 Å². The fraction of sp³-hybridized carbons (Fsp3) is 0.480. The van der Waals surface area contributed by atoms with Crippen LogP contribution in [0.2, 0.25) is 0 Å². The number of nitrogens with zero attached hydrogens (tertiary/aromatic N) is 3. The molecule has 2 N–H and O–H groups in total. The zero-order valence-corrected chi connectivity index (χ0v) is 21.6. The summed E-state index contributed by atoms with van der Waals surface area (Å²) in [6.45, 7) is 6.02. The molecule has 0 amide bonds. The number of halogens is 1. The Morgan fingerprint density at radius 1 is 0.871 bits per heavy atom. The zero-order chi connectivity index (χ0) is 21.2. The molecule has 1 aliphatic heterocycles. The summed E-state index contributed by atoms with van der Waals surface area (Å²) in [4.78, 5) is 9.14. The highest BCUT2D eigenvalue weighted by Crippen LogP contribution is 2.14. The van der Waals surface area contributed by atoms with Gasteiger partial charge in [-0.1, -0.05) is 55.0 Å². The molecule has 6 heteroatoms. The number of hydrogen-bond acceptors (Lipinski definition) is 3. The molecule has 0 aliphatic carbocycles. The molecule has 0 unspecified atom stereocenters. The molecule has 170 valence electrons. The third-order valence-electron chi connectivity index (χ3n) is 5.61. The zero-order valence-electron chi connectivity index (χ0n) is 19.2. The van der Waals surface area contributed by atoms with Crippen molar-refractivity contribution in [2.75, 3.05) is 34.2 Å². The molecular weight excluding hydrogens is 497 g/mol. The van der Waals surface area contributed by atoms with Crippen LogP contribution in [0.3, 0.4) is 0 Å². The molecule has 0 spiro atoms. The van der Waals surface area contributed by atoms with E-state index < -0.39 is 0 Å². The van der Waals surface area contributed by atoms with Crippen LogP contribution in [-0.2, 0) is 26.2 Å². The molecule has 1 saturated heterocycles. The fourth-order valence-electron chi connectivity index (χ4n) is 3.95. The monoisotopic (exact) mass is 535 g/mol. The smallest absolute Gasteiger partial charge is 0.191 e. The van der Waals surface area contributed by atoms with Crippen molar-refractivity contribution < 1.29 is 0 Å². The van der Waals surface area contributed by atoms with Crippen molar-refractivity contribution in [2.45, 2.75) is 45.4 Å². The van der Waals surface area contributed by atoms with Crippen LogP contribution in [0.1, 0.15) is 41.5 Å². The number of aliphatic imine (C=N–C) groups is 1. The average Bonchev–Trinajstić information content (AvgIpc) is 2.76. The van der Waals surface area contributed by atoms with Gasteiger partial charge in [0.1, 0.15) is 0 Å². The molecule has 1 fully saturated rings. The van der Waals surface area contributed by atoms with E-state index in [2.05, 4.69) is 88.1 Å². The molecule has 31 heavy (non-hydrogen) atoms. The topological polar surface area (TPSA) is 42.9 Å². The van der Waals surface area contributed by atoms with Gasteiger partial charge in [0.25, 0.3) is 0 Å².